The van der Waals surface area contributed by atoms with E-state index in [4.69, 9.17) is 43.6 Å². The number of nitrogens with zero attached hydrogens (tertiary/aromatic N) is 15. The predicted octanol–water partition coefficient (Wildman–Crippen LogP) is 17.9. The third-order valence-corrected chi connectivity index (χ3v) is 39.5. The van der Waals surface area contributed by atoms with Crippen molar-refractivity contribution in [2.45, 2.75) is 360 Å². The fourth-order valence-electron chi connectivity index (χ4n) is 26.4. The number of fused-ring (bicyclic) bond motifs is 13. The van der Waals surface area contributed by atoms with Crippen LogP contribution in [0.15, 0.2) is 42.8 Å². The van der Waals surface area contributed by atoms with E-state index in [1.54, 1.807) is 93.3 Å². The number of ether oxygens (including phenoxy) is 8. The number of ketones is 4. The summed E-state index contributed by atoms with van der Waals surface area (Å²) in [6.45, 7) is 27.7. The van der Waals surface area contributed by atoms with Gasteiger partial charge in [0.2, 0.25) is 35.3 Å². The normalized spacial score (nSPS) is 29.1. The summed E-state index contributed by atoms with van der Waals surface area (Å²) < 4.78 is 48.7. The van der Waals surface area contributed by atoms with Gasteiger partial charge in [-0.3, -0.25) is 38.7 Å². The number of nitrogens with two attached hydrogens (primary N) is 1. The first kappa shape index (κ1) is 104. The summed E-state index contributed by atoms with van der Waals surface area (Å²) >= 11 is 5.20. The molecule has 32 heteroatoms. The summed E-state index contributed by atoms with van der Waals surface area (Å²) in [6, 6.07) is 3.35. The lowest BCUT2D eigenvalue weighted by Crippen LogP contribution is -2.46. The molecule has 16 aliphatic rings. The minimum Gasteiger partial charge on any atom is -0.474 e. The summed E-state index contributed by atoms with van der Waals surface area (Å²) in [7, 11) is 4.31. The molecule has 12 aliphatic carbocycles. The van der Waals surface area contributed by atoms with Crippen molar-refractivity contribution in [1.82, 2.24) is 74.3 Å². The fraction of sp³-hybridized carbons (Fsp3) is 0.690. The number of hydrogen-bond acceptors (Lipinski definition) is 31. The third kappa shape index (κ3) is 24.1. The van der Waals surface area contributed by atoms with Gasteiger partial charge >= 0.3 is 0 Å². The molecule has 1 amide bonds. The molecule has 8 aromatic rings. The number of hydrogen-bond donors (Lipinski definition) is 1. The topological polar surface area (TPSA) is 330 Å². The van der Waals surface area contributed by atoms with Crippen LogP contribution in [0.4, 0.5) is 0 Å². The van der Waals surface area contributed by atoms with Crippen molar-refractivity contribution in [2.24, 2.45) is 40.2 Å². The average molecular weight is 2040 g/mol. The molecule has 5 atom stereocenters. The number of carbonyl (C=O) groups excluding carboxylic acids is 5. The van der Waals surface area contributed by atoms with E-state index in [-0.39, 0.29) is 77.1 Å². The lowest BCUT2D eigenvalue weighted by atomic mass is 9.72. The van der Waals surface area contributed by atoms with Crippen LogP contribution >= 0.6 is 34.0 Å². The second-order valence-corrected chi connectivity index (χ2v) is 49.0. The molecule has 24 rings (SSSR count). The smallest absolute Gasteiger partial charge is 0.225 e. The first-order chi connectivity index (χ1) is 70.3. The van der Waals surface area contributed by atoms with E-state index in [1.165, 1.54) is 131 Å². The first-order valence-corrected chi connectivity index (χ1v) is 57.6. The van der Waals surface area contributed by atoms with Crippen molar-refractivity contribution in [3.05, 3.63) is 96.6 Å². The summed E-state index contributed by atoms with van der Waals surface area (Å²) in [5.41, 5.74) is 19.4. The first-order valence-electron chi connectivity index (χ1n) is 55.2. The molecule has 0 unspecified atom stereocenters. The Bertz CT molecular complexity index is 5970. The minimum atomic E-state index is -0.287. The second-order valence-electron chi connectivity index (χ2n) is 45.7. The molecular weight excluding hydrogens is 1890 g/mol. The van der Waals surface area contributed by atoms with Crippen molar-refractivity contribution in [1.29, 1.82) is 0 Å². The molecule has 2 N–H and O–H groups in total. The van der Waals surface area contributed by atoms with Crippen molar-refractivity contribution < 1.29 is 61.9 Å². The van der Waals surface area contributed by atoms with Crippen LogP contribution in [-0.4, -0.2) is 270 Å². The second kappa shape index (κ2) is 46.6. The van der Waals surface area contributed by atoms with Gasteiger partial charge in [-0.2, -0.15) is 0 Å². The van der Waals surface area contributed by atoms with Crippen LogP contribution in [-0.2, 0) is 89.5 Å². The molecular formula is C113H154N16O13S3. The maximum atomic E-state index is 12.3. The number of likely N-dealkylation sites (tertiary alicyclic amines) is 1. The van der Waals surface area contributed by atoms with E-state index in [2.05, 4.69) is 109 Å². The van der Waals surface area contributed by atoms with Gasteiger partial charge in [0.05, 0.1) is 78.3 Å². The average Bonchev–Trinajstić information content (AvgIpc) is 1.63. The molecule has 29 nitrogen and oxygen atoms in total. The Labute approximate surface area is 867 Å². The fourth-order valence-corrected chi connectivity index (χ4v) is 29.9. The summed E-state index contributed by atoms with van der Waals surface area (Å²) in [5, 5.41) is 3.13. The van der Waals surface area contributed by atoms with Gasteiger partial charge in [0.1, 0.15) is 99.8 Å². The quantitative estimate of drug-likeness (QED) is 0.0740. The summed E-state index contributed by atoms with van der Waals surface area (Å²) in [6.07, 6.45) is 49.5. The number of allylic oxidation sites excluding steroid dienone is 4. The van der Waals surface area contributed by atoms with Crippen molar-refractivity contribution in [3.8, 4) is 29.4 Å². The molecule has 145 heavy (non-hydrogen) atoms. The summed E-state index contributed by atoms with van der Waals surface area (Å²) in [4.78, 5) is 125. The van der Waals surface area contributed by atoms with E-state index in [0.29, 0.717) is 53.4 Å². The van der Waals surface area contributed by atoms with Gasteiger partial charge < -0.3 is 53.4 Å². The number of piperidine rings is 1. The number of primary amides is 1. The van der Waals surface area contributed by atoms with Crippen molar-refractivity contribution in [3.63, 3.8) is 0 Å². The highest BCUT2D eigenvalue weighted by atomic mass is 32.1. The molecule has 5 saturated carbocycles. The van der Waals surface area contributed by atoms with Gasteiger partial charge in [0, 0.05) is 126 Å². The Hall–Kier alpha value is -8.41. The highest BCUT2D eigenvalue weighted by Crippen LogP contribution is 2.52. The zero-order chi connectivity index (χ0) is 100. The molecule has 12 heterocycles. The Morgan fingerprint density at radius 1 is 0.366 bits per heavy atom. The maximum absolute atomic E-state index is 12.3. The molecule has 0 radical (unpaired) electrons. The van der Waals surface area contributed by atoms with Crippen LogP contribution in [0.25, 0.3) is 41.8 Å². The van der Waals surface area contributed by atoms with E-state index in [9.17, 15) is 24.0 Å². The highest BCUT2D eigenvalue weighted by molar-refractivity contribution is 7.19. The zero-order valence-electron chi connectivity index (χ0n) is 87.3. The maximum Gasteiger partial charge on any atom is 0.225 e. The van der Waals surface area contributed by atoms with E-state index in [1.807, 2.05) is 0 Å². The van der Waals surface area contributed by atoms with Gasteiger partial charge in [-0.25, -0.2) is 49.8 Å². The number of rotatable bonds is 20. The third-order valence-electron chi connectivity index (χ3n) is 35.9. The Morgan fingerprint density at radius 2 is 0.683 bits per heavy atom. The number of thiophene rings is 3. The molecule has 8 aromatic heterocycles. The molecule has 0 spiro atoms. The van der Waals surface area contributed by atoms with Crippen molar-refractivity contribution >= 4 is 105 Å². The van der Waals surface area contributed by atoms with Crippen LogP contribution in [0.5, 0.6) is 29.4 Å². The number of amides is 1. The van der Waals surface area contributed by atoms with Gasteiger partial charge in [0.25, 0.3) is 0 Å². The van der Waals surface area contributed by atoms with Gasteiger partial charge in [0.15, 0.2) is 0 Å². The minimum absolute atomic E-state index is 0.0997. The summed E-state index contributed by atoms with van der Waals surface area (Å²) in [5.74, 6) is 4.91. The predicted molar refractivity (Wildman–Crippen MR) is 564 cm³/mol. The number of carbonyl (C=O) groups is 5. The van der Waals surface area contributed by atoms with E-state index in [0.717, 1.165) is 341 Å². The Balaban J connectivity index is 0.000000111. The standard InChI is InChI=1S/C26H37N3O2.C23H31N3O3S.C23H31N3O3.C21H28N4O3S.C20H27N3O2S/c1-17(30)18-4-5-19-15-23-24(22(19)14-18)25(28-16-27-23)31-21-8-6-20(7-9-21)29-12-10-26(2,3)11-13-29;1-15(27)23(2)8-7-19-18(13-23)20-21(24-14-25-22(20)30-19)29-17-5-3-16(4-6-17)26-9-11-28-12-10-26;1-15(27)16-2-3-17-13-21-22(20(17)12-16)23(25-14-24-21)29-19-6-4-18(5-7-19)26-8-10-28-11-9-26;22-19(26)13-1-6-17-16(11-13)18-20(23-12-24-21(18)29-17)28-15-4-2-14(3-5-15)25-7-9-27-10-8-25;1-12(24)13-4-9-17-16(10-13)18-19(21-11-22-20(18)26-17)25-15-7-5-14(6-8-15)23(2)3/h16,18,20-21H,4-15H2,1-3H3;14,16-17H,3-13H2,1-2H3;14,16,18-19H,2-13H2,1H3;12-15H,1-11H2,(H2,22,26);11,13-15H,4-10H2,1-3H3/t18-,20?,21?;16?,17?,23-;16-,18?,19?;2*13-,14?,15?/m01010/s1. The number of aromatic nitrogens is 10. The molecule has 0 bridgehead atoms. The monoisotopic (exact) mass is 2040 g/mol. The molecule has 9 fully saturated rings. The highest BCUT2D eigenvalue weighted by Gasteiger charge is 2.44. The molecule has 0 aromatic carbocycles. The number of Topliss-reactive ketones (excluding diaryl/α,β-unsaturated/α-hetero) is 4. The Morgan fingerprint density at radius 3 is 1.05 bits per heavy atom. The van der Waals surface area contributed by atoms with Gasteiger partial charge in [-0.05, 0) is 326 Å². The largest absolute Gasteiger partial charge is 0.474 e. The lowest BCUT2D eigenvalue weighted by Gasteiger charge is -2.43. The van der Waals surface area contributed by atoms with Crippen molar-refractivity contribution in [2.75, 3.05) is 106 Å². The van der Waals surface area contributed by atoms with E-state index >= 15 is 0 Å². The Kier molecular flexibility index (Phi) is 33.3. The van der Waals surface area contributed by atoms with E-state index < -0.39 is 0 Å². The van der Waals surface area contributed by atoms with Crippen LogP contribution in [0.2, 0.25) is 0 Å². The van der Waals surface area contributed by atoms with Crippen LogP contribution < -0.4 is 29.4 Å². The SMILES string of the molecule is CC(=O)[C@H]1CCC2=C(C1)c1c(ncnc1OC1CCC(N3CCC(C)(C)CC3)CC1)C2.CC(=O)[C@H]1CCC2=C(C1)c1c(ncnc1OC1CCC(N3CCOCC3)CC1)C2.CC(=O)[C@H]1CCc2sc3ncnc(OC4CCC(N(C)C)CC4)c3c2C1.CC(=O)[C@]1(C)CCc2sc3ncnc(OC4CCC(N5CCOCC5)CC4)c3c2C1.NC(=O)[C@@H]1CCc2sc3ncnc(OC4CCC(N5CCOCC5)CC4)c3c2C1. The van der Waals surface area contributed by atoms with Gasteiger partial charge in [-0.15, -0.1) is 34.0 Å². The zero-order valence-corrected chi connectivity index (χ0v) is 89.7. The lowest BCUT2D eigenvalue weighted by molar-refractivity contribution is -0.126. The van der Waals surface area contributed by atoms with Crippen LogP contribution in [0.1, 0.15) is 301 Å². The van der Waals surface area contributed by atoms with Crippen LogP contribution in [0.3, 0.4) is 0 Å². The van der Waals surface area contributed by atoms with Crippen LogP contribution in [0, 0.1) is 34.5 Å². The van der Waals surface area contributed by atoms with Gasteiger partial charge in [-0.1, -0.05) is 31.9 Å². The number of aryl methyl sites for hydroxylation is 3. The molecule has 4 aliphatic heterocycles. The molecule has 782 valence electrons. The number of morpholine rings is 3. The molecule has 4 saturated heterocycles.